The standard InChI is InChI=1S/C24H21N7O3/c32-24(20(18-9-3-1-4-10-18)19-11-5-2-6-12-19)30-29-23-21(31(33)34)22(27-16-28-23)26-15-17-8-7-13-25-14-17/h1-14,16,20H,15H2,(H,30,32)(H2,26,27,28,29). The number of pyridine rings is 1. The van der Waals surface area contributed by atoms with E-state index in [1.165, 1.54) is 6.33 Å². The smallest absolute Gasteiger partial charge is 0.354 e. The van der Waals surface area contributed by atoms with Crippen LogP contribution in [0.1, 0.15) is 22.6 Å². The summed E-state index contributed by atoms with van der Waals surface area (Å²) in [6, 6.07) is 22.1. The number of nitro groups is 1. The molecule has 4 rings (SSSR count). The second kappa shape index (κ2) is 10.6. The fourth-order valence-electron chi connectivity index (χ4n) is 3.44. The van der Waals surface area contributed by atoms with Gasteiger partial charge >= 0.3 is 5.69 Å². The highest BCUT2D eigenvalue weighted by Gasteiger charge is 2.26. The number of benzene rings is 2. The highest BCUT2D eigenvalue weighted by molar-refractivity contribution is 5.88. The van der Waals surface area contributed by atoms with E-state index in [-0.39, 0.29) is 23.9 Å². The fraction of sp³-hybridized carbons (Fsp3) is 0.0833. The van der Waals surface area contributed by atoms with Gasteiger partial charge in [-0.3, -0.25) is 30.7 Å². The van der Waals surface area contributed by atoms with Crippen LogP contribution in [-0.2, 0) is 11.3 Å². The average molecular weight is 455 g/mol. The van der Waals surface area contributed by atoms with Crippen LogP contribution < -0.4 is 16.2 Å². The van der Waals surface area contributed by atoms with E-state index >= 15 is 0 Å². The number of carbonyl (C=O) groups excluding carboxylic acids is 1. The number of nitrogens with zero attached hydrogens (tertiary/aromatic N) is 4. The van der Waals surface area contributed by atoms with Crippen LogP contribution in [0.4, 0.5) is 17.3 Å². The molecule has 10 nitrogen and oxygen atoms in total. The van der Waals surface area contributed by atoms with E-state index in [2.05, 4.69) is 31.1 Å². The van der Waals surface area contributed by atoms with Crippen molar-refractivity contribution in [1.82, 2.24) is 20.4 Å². The number of anilines is 2. The highest BCUT2D eigenvalue weighted by atomic mass is 16.6. The van der Waals surface area contributed by atoms with Crippen LogP contribution >= 0.6 is 0 Å². The summed E-state index contributed by atoms with van der Waals surface area (Å²) in [5.74, 6) is -1.14. The van der Waals surface area contributed by atoms with Crippen molar-refractivity contribution >= 4 is 23.2 Å². The quantitative estimate of drug-likeness (QED) is 0.257. The van der Waals surface area contributed by atoms with Gasteiger partial charge in [0.25, 0.3) is 0 Å². The Morgan fingerprint density at radius 3 is 2.15 bits per heavy atom. The molecule has 0 atom stereocenters. The lowest BCUT2D eigenvalue weighted by atomic mass is 9.91. The molecule has 0 fully saturated rings. The monoisotopic (exact) mass is 455 g/mol. The predicted molar refractivity (Wildman–Crippen MR) is 127 cm³/mol. The molecule has 0 saturated heterocycles. The van der Waals surface area contributed by atoms with Gasteiger partial charge in [0.2, 0.25) is 17.5 Å². The van der Waals surface area contributed by atoms with Crippen LogP contribution in [0.15, 0.2) is 91.5 Å². The Morgan fingerprint density at radius 1 is 0.912 bits per heavy atom. The van der Waals surface area contributed by atoms with Gasteiger partial charge in [-0.1, -0.05) is 66.7 Å². The molecule has 1 amide bonds. The molecular weight excluding hydrogens is 434 g/mol. The molecule has 3 N–H and O–H groups in total. The van der Waals surface area contributed by atoms with Crippen LogP contribution in [0.5, 0.6) is 0 Å². The molecule has 0 aliphatic rings. The molecule has 34 heavy (non-hydrogen) atoms. The lowest BCUT2D eigenvalue weighted by Crippen LogP contribution is -2.35. The lowest BCUT2D eigenvalue weighted by Gasteiger charge is -2.18. The maximum absolute atomic E-state index is 13.2. The SMILES string of the molecule is O=C(NNc1ncnc(NCc2cccnc2)c1[N+](=O)[O-])C(c1ccccc1)c1ccccc1. The van der Waals surface area contributed by atoms with Gasteiger partial charge in [0, 0.05) is 18.9 Å². The summed E-state index contributed by atoms with van der Waals surface area (Å²) in [4.78, 5) is 36.4. The number of carbonyl (C=O) groups is 1. The average Bonchev–Trinajstić information content (AvgIpc) is 2.88. The highest BCUT2D eigenvalue weighted by Crippen LogP contribution is 2.29. The van der Waals surface area contributed by atoms with Gasteiger partial charge in [-0.2, -0.15) is 0 Å². The van der Waals surface area contributed by atoms with Crippen molar-refractivity contribution in [3.63, 3.8) is 0 Å². The molecule has 4 aromatic rings. The molecule has 170 valence electrons. The lowest BCUT2D eigenvalue weighted by molar-refractivity contribution is -0.383. The van der Waals surface area contributed by atoms with Gasteiger partial charge in [-0.25, -0.2) is 9.97 Å². The molecule has 0 unspecified atom stereocenters. The van der Waals surface area contributed by atoms with E-state index in [1.807, 2.05) is 66.7 Å². The third kappa shape index (κ3) is 5.30. The minimum absolute atomic E-state index is 0.0169. The molecule has 0 saturated carbocycles. The maximum atomic E-state index is 13.2. The third-order valence-electron chi connectivity index (χ3n) is 5.02. The Bertz CT molecular complexity index is 1220. The molecule has 0 spiro atoms. The molecule has 0 aliphatic carbocycles. The first-order chi connectivity index (χ1) is 16.6. The summed E-state index contributed by atoms with van der Waals surface area (Å²) < 4.78 is 0. The Balaban J connectivity index is 1.55. The summed E-state index contributed by atoms with van der Waals surface area (Å²) in [5.41, 5.74) is 7.18. The van der Waals surface area contributed by atoms with Gasteiger partial charge in [0.05, 0.1) is 10.8 Å². The van der Waals surface area contributed by atoms with Crippen molar-refractivity contribution in [2.24, 2.45) is 0 Å². The van der Waals surface area contributed by atoms with Crippen molar-refractivity contribution in [3.8, 4) is 0 Å². The second-order valence-electron chi connectivity index (χ2n) is 7.26. The zero-order valence-corrected chi connectivity index (χ0v) is 18.0. The van der Waals surface area contributed by atoms with Crippen LogP contribution in [0.25, 0.3) is 0 Å². The molecule has 2 heterocycles. The van der Waals surface area contributed by atoms with E-state index in [1.54, 1.807) is 18.5 Å². The van der Waals surface area contributed by atoms with Crippen molar-refractivity contribution in [1.29, 1.82) is 0 Å². The second-order valence-corrected chi connectivity index (χ2v) is 7.26. The first-order valence-corrected chi connectivity index (χ1v) is 10.4. The predicted octanol–water partition coefficient (Wildman–Crippen LogP) is 3.67. The first kappa shape index (κ1) is 22.3. The molecular formula is C24H21N7O3. The molecule has 2 aromatic carbocycles. The van der Waals surface area contributed by atoms with Gasteiger partial charge in [0.1, 0.15) is 6.33 Å². The van der Waals surface area contributed by atoms with Gasteiger partial charge in [-0.05, 0) is 22.8 Å². The number of hydrazine groups is 1. The minimum Gasteiger partial charge on any atom is -0.360 e. The Kier molecular flexibility index (Phi) is 6.99. The van der Waals surface area contributed by atoms with Crippen LogP contribution in [-0.4, -0.2) is 25.8 Å². The van der Waals surface area contributed by atoms with Crippen LogP contribution in [0.3, 0.4) is 0 Å². The van der Waals surface area contributed by atoms with E-state index < -0.39 is 16.7 Å². The number of aromatic nitrogens is 3. The Morgan fingerprint density at radius 2 is 1.56 bits per heavy atom. The minimum atomic E-state index is -0.626. The maximum Gasteiger partial charge on any atom is 0.354 e. The first-order valence-electron chi connectivity index (χ1n) is 10.4. The zero-order chi connectivity index (χ0) is 23.8. The van der Waals surface area contributed by atoms with E-state index in [0.717, 1.165) is 16.7 Å². The van der Waals surface area contributed by atoms with Gasteiger partial charge < -0.3 is 5.32 Å². The number of nitrogens with one attached hydrogen (secondary N) is 3. The number of hydrogen-bond acceptors (Lipinski definition) is 8. The normalized spacial score (nSPS) is 10.5. The van der Waals surface area contributed by atoms with E-state index in [0.29, 0.717) is 0 Å². The van der Waals surface area contributed by atoms with E-state index in [4.69, 9.17) is 0 Å². The topological polar surface area (TPSA) is 135 Å². The molecule has 10 heteroatoms. The largest absolute Gasteiger partial charge is 0.360 e. The summed E-state index contributed by atoms with van der Waals surface area (Å²) in [5, 5.41) is 14.7. The van der Waals surface area contributed by atoms with Crippen molar-refractivity contribution in [2.75, 3.05) is 10.7 Å². The summed E-state index contributed by atoms with van der Waals surface area (Å²) in [7, 11) is 0. The number of amides is 1. The van der Waals surface area contributed by atoms with Crippen molar-refractivity contribution < 1.29 is 9.72 Å². The van der Waals surface area contributed by atoms with Crippen LogP contribution in [0.2, 0.25) is 0 Å². The van der Waals surface area contributed by atoms with Crippen LogP contribution in [0, 0.1) is 10.1 Å². The summed E-state index contributed by atoms with van der Waals surface area (Å²) in [6.07, 6.45) is 4.46. The Hall–Kier alpha value is -4.86. The molecule has 0 radical (unpaired) electrons. The van der Waals surface area contributed by atoms with E-state index in [9.17, 15) is 14.9 Å². The fourth-order valence-corrected chi connectivity index (χ4v) is 3.44. The molecule has 0 bridgehead atoms. The number of hydrogen-bond donors (Lipinski definition) is 3. The van der Waals surface area contributed by atoms with Gasteiger partial charge in [-0.15, -0.1) is 0 Å². The van der Waals surface area contributed by atoms with Crippen molar-refractivity contribution in [3.05, 3.63) is 118 Å². The Labute approximate surface area is 195 Å². The molecule has 0 aliphatic heterocycles. The summed E-state index contributed by atoms with van der Waals surface area (Å²) >= 11 is 0. The number of rotatable bonds is 9. The zero-order valence-electron chi connectivity index (χ0n) is 18.0. The summed E-state index contributed by atoms with van der Waals surface area (Å²) in [6.45, 7) is 0.279. The van der Waals surface area contributed by atoms with Crippen molar-refractivity contribution in [2.45, 2.75) is 12.5 Å². The molecule has 2 aromatic heterocycles. The third-order valence-corrected chi connectivity index (χ3v) is 5.02. The van der Waals surface area contributed by atoms with Gasteiger partial charge in [0.15, 0.2) is 0 Å².